The molecule has 0 atom stereocenters. The lowest BCUT2D eigenvalue weighted by atomic mass is 9.82. The van der Waals surface area contributed by atoms with Crippen LogP contribution in [-0.4, -0.2) is 51.9 Å². The number of carbonyl (C=O) groups is 1. The van der Waals surface area contributed by atoms with Crippen molar-refractivity contribution in [2.24, 2.45) is 0 Å². The average Bonchev–Trinajstić information content (AvgIpc) is 2.63. The highest BCUT2D eigenvalue weighted by atomic mass is 16.5. The third kappa shape index (κ3) is 5.23. The normalized spacial score (nSPS) is 21.7. The van der Waals surface area contributed by atoms with Crippen molar-refractivity contribution in [1.29, 1.82) is 0 Å². The van der Waals surface area contributed by atoms with Gasteiger partial charge in [-0.25, -0.2) is 0 Å². The van der Waals surface area contributed by atoms with Crippen LogP contribution in [0.2, 0.25) is 0 Å². The Kier molecular flexibility index (Phi) is 6.11. The van der Waals surface area contributed by atoms with Crippen molar-refractivity contribution in [3.05, 3.63) is 29.3 Å². The molecule has 2 aliphatic rings. The summed E-state index contributed by atoms with van der Waals surface area (Å²) in [4.78, 5) is 14.4. The second-order valence-electron chi connectivity index (χ2n) is 8.60. The van der Waals surface area contributed by atoms with E-state index in [1.807, 2.05) is 25.1 Å². The van der Waals surface area contributed by atoms with Crippen LogP contribution in [0, 0.1) is 13.8 Å². The molecule has 2 N–H and O–H groups in total. The average molecular weight is 376 g/mol. The standard InChI is InChI=1S/C22H33NO4/c1-17-6-7-19(14-18(17)2)27-16-22(26)10-12-23(13-11-22)20(24)15-21(25)8-4-3-5-9-21/h6-7,14,25-26H,3-5,8-13,15-16H2,1-2H3. The topological polar surface area (TPSA) is 70.0 Å². The summed E-state index contributed by atoms with van der Waals surface area (Å²) in [5.74, 6) is 0.779. The van der Waals surface area contributed by atoms with Crippen molar-refractivity contribution in [3.8, 4) is 5.75 Å². The zero-order chi connectivity index (χ0) is 19.5. The summed E-state index contributed by atoms with van der Waals surface area (Å²) in [6.07, 6.45) is 5.81. The van der Waals surface area contributed by atoms with Gasteiger partial charge in [0.15, 0.2) is 0 Å². The van der Waals surface area contributed by atoms with Crippen LogP contribution in [-0.2, 0) is 4.79 Å². The molecule has 1 aliphatic carbocycles. The predicted molar refractivity (Wildman–Crippen MR) is 105 cm³/mol. The fraction of sp³-hybridized carbons (Fsp3) is 0.682. The molecule has 1 saturated heterocycles. The lowest BCUT2D eigenvalue weighted by Crippen LogP contribution is -2.51. The van der Waals surface area contributed by atoms with Crippen molar-refractivity contribution in [1.82, 2.24) is 4.90 Å². The number of benzene rings is 1. The van der Waals surface area contributed by atoms with E-state index in [0.717, 1.165) is 37.9 Å². The lowest BCUT2D eigenvalue weighted by Gasteiger charge is -2.39. The number of hydrogen-bond donors (Lipinski definition) is 2. The minimum Gasteiger partial charge on any atom is -0.491 e. The van der Waals surface area contributed by atoms with Gasteiger partial charge in [0.05, 0.1) is 12.0 Å². The Hall–Kier alpha value is -1.59. The Labute approximate surface area is 162 Å². The number of amides is 1. The van der Waals surface area contributed by atoms with Crippen LogP contribution in [0.4, 0.5) is 0 Å². The zero-order valence-electron chi connectivity index (χ0n) is 16.7. The van der Waals surface area contributed by atoms with Gasteiger partial charge in [-0.3, -0.25) is 4.79 Å². The van der Waals surface area contributed by atoms with Gasteiger partial charge in [0.25, 0.3) is 0 Å². The quantitative estimate of drug-likeness (QED) is 0.830. The SMILES string of the molecule is Cc1ccc(OCC2(O)CCN(C(=O)CC3(O)CCCCC3)CC2)cc1C. The first-order valence-electron chi connectivity index (χ1n) is 10.2. The van der Waals surface area contributed by atoms with E-state index in [4.69, 9.17) is 4.74 Å². The maximum atomic E-state index is 12.6. The van der Waals surface area contributed by atoms with Crippen LogP contribution in [0.25, 0.3) is 0 Å². The van der Waals surface area contributed by atoms with Gasteiger partial charge >= 0.3 is 0 Å². The molecule has 27 heavy (non-hydrogen) atoms. The molecule has 0 unspecified atom stereocenters. The Balaban J connectivity index is 1.48. The summed E-state index contributed by atoms with van der Waals surface area (Å²) < 4.78 is 5.82. The molecule has 3 rings (SSSR count). The van der Waals surface area contributed by atoms with Crippen molar-refractivity contribution in [2.45, 2.75) is 76.4 Å². The summed E-state index contributed by atoms with van der Waals surface area (Å²) in [5.41, 5.74) is 0.653. The van der Waals surface area contributed by atoms with Crippen LogP contribution in [0.3, 0.4) is 0 Å². The number of aliphatic hydroxyl groups is 2. The monoisotopic (exact) mass is 375 g/mol. The van der Waals surface area contributed by atoms with Crippen molar-refractivity contribution < 1.29 is 19.7 Å². The fourth-order valence-corrected chi connectivity index (χ4v) is 4.12. The van der Waals surface area contributed by atoms with Crippen molar-refractivity contribution in [3.63, 3.8) is 0 Å². The molecular formula is C22H33NO4. The molecular weight excluding hydrogens is 342 g/mol. The van der Waals surface area contributed by atoms with E-state index >= 15 is 0 Å². The molecule has 0 aromatic heterocycles. The molecule has 1 heterocycles. The first-order valence-corrected chi connectivity index (χ1v) is 10.2. The summed E-state index contributed by atoms with van der Waals surface area (Å²) in [5, 5.41) is 21.4. The third-order valence-electron chi connectivity index (χ3n) is 6.30. The maximum absolute atomic E-state index is 12.6. The van der Waals surface area contributed by atoms with Crippen molar-refractivity contribution in [2.75, 3.05) is 19.7 Å². The van der Waals surface area contributed by atoms with Crippen LogP contribution in [0.5, 0.6) is 5.75 Å². The largest absolute Gasteiger partial charge is 0.491 e. The van der Waals surface area contributed by atoms with Crippen LogP contribution in [0.15, 0.2) is 18.2 Å². The number of likely N-dealkylation sites (tertiary alicyclic amines) is 1. The lowest BCUT2D eigenvalue weighted by molar-refractivity contribution is -0.142. The second kappa shape index (κ2) is 8.19. The number of piperidine rings is 1. The fourth-order valence-electron chi connectivity index (χ4n) is 4.12. The van der Waals surface area contributed by atoms with E-state index in [1.165, 1.54) is 11.1 Å². The number of rotatable bonds is 5. The number of aryl methyl sites for hydroxylation is 2. The molecule has 1 aromatic rings. The predicted octanol–water partition coefficient (Wildman–Crippen LogP) is 3.12. The highest BCUT2D eigenvalue weighted by Gasteiger charge is 2.38. The highest BCUT2D eigenvalue weighted by molar-refractivity contribution is 5.77. The molecule has 1 aliphatic heterocycles. The molecule has 1 aromatic carbocycles. The van der Waals surface area contributed by atoms with Crippen LogP contribution >= 0.6 is 0 Å². The molecule has 1 amide bonds. The number of hydrogen-bond acceptors (Lipinski definition) is 4. The van der Waals surface area contributed by atoms with Gasteiger partial charge in [-0.15, -0.1) is 0 Å². The summed E-state index contributed by atoms with van der Waals surface area (Å²) >= 11 is 0. The molecule has 1 saturated carbocycles. The van der Waals surface area contributed by atoms with Crippen LogP contribution < -0.4 is 4.74 Å². The number of nitrogens with zero attached hydrogens (tertiary/aromatic N) is 1. The van der Waals surface area contributed by atoms with Gasteiger partial charge in [0.2, 0.25) is 5.91 Å². The van der Waals surface area contributed by atoms with E-state index in [9.17, 15) is 15.0 Å². The minimum atomic E-state index is -0.905. The van der Waals surface area contributed by atoms with E-state index in [-0.39, 0.29) is 18.9 Å². The van der Waals surface area contributed by atoms with E-state index < -0.39 is 11.2 Å². The Morgan fingerprint density at radius 2 is 1.67 bits per heavy atom. The molecule has 0 bridgehead atoms. The third-order valence-corrected chi connectivity index (χ3v) is 6.30. The Morgan fingerprint density at radius 3 is 2.30 bits per heavy atom. The van der Waals surface area contributed by atoms with Gasteiger partial charge in [-0.2, -0.15) is 0 Å². The first kappa shape index (κ1) is 20.2. The van der Waals surface area contributed by atoms with E-state index in [0.29, 0.717) is 25.9 Å². The first-order chi connectivity index (χ1) is 12.8. The number of carbonyl (C=O) groups excluding carboxylic acids is 1. The maximum Gasteiger partial charge on any atom is 0.225 e. The summed E-state index contributed by atoms with van der Waals surface area (Å²) in [6, 6.07) is 5.93. The molecule has 5 heteroatoms. The molecule has 150 valence electrons. The summed E-state index contributed by atoms with van der Waals surface area (Å²) in [6.45, 7) is 5.37. The number of ether oxygens (including phenoxy) is 1. The van der Waals surface area contributed by atoms with E-state index in [2.05, 4.69) is 6.92 Å². The van der Waals surface area contributed by atoms with Gasteiger partial charge in [-0.1, -0.05) is 25.3 Å². The Morgan fingerprint density at radius 1 is 1.00 bits per heavy atom. The molecule has 0 radical (unpaired) electrons. The zero-order valence-corrected chi connectivity index (χ0v) is 16.7. The molecule has 2 fully saturated rings. The van der Waals surface area contributed by atoms with Gasteiger partial charge in [0.1, 0.15) is 18.0 Å². The van der Waals surface area contributed by atoms with Crippen LogP contribution in [0.1, 0.15) is 62.5 Å². The summed E-state index contributed by atoms with van der Waals surface area (Å²) in [7, 11) is 0. The molecule has 5 nitrogen and oxygen atoms in total. The highest BCUT2D eigenvalue weighted by Crippen LogP contribution is 2.32. The molecule has 0 spiro atoms. The smallest absolute Gasteiger partial charge is 0.225 e. The van der Waals surface area contributed by atoms with Gasteiger partial charge in [0, 0.05) is 13.1 Å². The van der Waals surface area contributed by atoms with Crippen molar-refractivity contribution >= 4 is 5.91 Å². The van der Waals surface area contributed by atoms with E-state index in [1.54, 1.807) is 4.90 Å². The van der Waals surface area contributed by atoms with Gasteiger partial charge in [-0.05, 0) is 62.8 Å². The van der Waals surface area contributed by atoms with Gasteiger partial charge < -0.3 is 19.8 Å². The second-order valence-corrected chi connectivity index (χ2v) is 8.60. The Bertz CT molecular complexity index is 658. The minimum absolute atomic E-state index is 0.0107.